The van der Waals surface area contributed by atoms with E-state index in [1.165, 1.54) is 17.3 Å². The molecule has 2 aromatic rings. The average Bonchev–Trinajstić information content (AvgIpc) is 3.11. The molecule has 0 aliphatic carbocycles. The number of nitrogens with one attached hydrogen (secondary N) is 1. The maximum atomic E-state index is 12.4. The van der Waals surface area contributed by atoms with Gasteiger partial charge in [0, 0.05) is 31.5 Å². The van der Waals surface area contributed by atoms with Crippen molar-refractivity contribution in [1.29, 1.82) is 0 Å². The highest BCUT2D eigenvalue weighted by atomic mass is 32.2. The van der Waals surface area contributed by atoms with Crippen molar-refractivity contribution in [2.75, 3.05) is 25.4 Å². The highest BCUT2D eigenvalue weighted by Crippen LogP contribution is 2.23. The minimum absolute atomic E-state index is 0.0483. The molecule has 1 aromatic heterocycles. The molecule has 1 aliphatic rings. The Morgan fingerprint density at radius 2 is 2.07 bits per heavy atom. The van der Waals surface area contributed by atoms with E-state index >= 15 is 0 Å². The van der Waals surface area contributed by atoms with Crippen LogP contribution in [0, 0.1) is 13.8 Å². The molecule has 28 heavy (non-hydrogen) atoms. The van der Waals surface area contributed by atoms with Crippen LogP contribution in [-0.4, -0.2) is 58.2 Å². The Balaban J connectivity index is 1.51. The summed E-state index contributed by atoms with van der Waals surface area (Å²) in [6.07, 6.45) is 2.76. The summed E-state index contributed by atoms with van der Waals surface area (Å²) in [5.74, 6) is 0.229. The number of alkyl halides is 2. The third kappa shape index (κ3) is 5.54. The molecule has 1 fully saturated rings. The van der Waals surface area contributed by atoms with Gasteiger partial charge in [-0.15, -0.1) is 0 Å². The number of aryl methyl sites for hydroxylation is 2. The normalized spacial score (nSPS) is 15.9. The second-order valence-electron chi connectivity index (χ2n) is 7.19. The minimum Gasteiger partial charge on any atom is -0.353 e. The van der Waals surface area contributed by atoms with Crippen LogP contribution >= 0.6 is 11.8 Å². The van der Waals surface area contributed by atoms with E-state index in [0.717, 1.165) is 16.4 Å². The smallest absolute Gasteiger partial charge is 0.251 e. The zero-order chi connectivity index (χ0) is 20.1. The topological polar surface area (TPSA) is 50.2 Å². The molecule has 1 N–H and O–H groups in total. The van der Waals surface area contributed by atoms with Gasteiger partial charge in [-0.2, -0.15) is 0 Å². The van der Waals surface area contributed by atoms with E-state index in [1.54, 1.807) is 11.1 Å². The number of carbonyl (C=O) groups is 1. The Labute approximate surface area is 168 Å². The van der Waals surface area contributed by atoms with E-state index in [0.29, 0.717) is 25.9 Å². The lowest BCUT2D eigenvalue weighted by Crippen LogP contribution is -2.46. The second kappa shape index (κ2) is 9.52. The van der Waals surface area contributed by atoms with Gasteiger partial charge < -0.3 is 5.32 Å². The number of rotatable bonds is 7. The van der Waals surface area contributed by atoms with Crippen LogP contribution < -0.4 is 5.32 Å². The van der Waals surface area contributed by atoms with Gasteiger partial charge in [0.25, 0.3) is 6.43 Å². The van der Waals surface area contributed by atoms with Crippen LogP contribution in [0.2, 0.25) is 0 Å². The van der Waals surface area contributed by atoms with Gasteiger partial charge >= 0.3 is 0 Å². The van der Waals surface area contributed by atoms with Crippen molar-refractivity contribution in [3.05, 3.63) is 41.7 Å². The molecule has 0 radical (unpaired) electrons. The minimum atomic E-state index is -2.30. The molecule has 5 nitrogen and oxygen atoms in total. The molecule has 2 heterocycles. The fourth-order valence-electron chi connectivity index (χ4n) is 3.41. The van der Waals surface area contributed by atoms with Crippen molar-refractivity contribution in [2.24, 2.45) is 0 Å². The Morgan fingerprint density at radius 1 is 1.32 bits per heavy atom. The van der Waals surface area contributed by atoms with Crippen molar-refractivity contribution >= 4 is 17.7 Å². The lowest BCUT2D eigenvalue weighted by Gasteiger charge is -2.32. The van der Waals surface area contributed by atoms with E-state index in [4.69, 9.17) is 0 Å². The Kier molecular flexibility index (Phi) is 7.07. The first-order valence-electron chi connectivity index (χ1n) is 9.46. The summed E-state index contributed by atoms with van der Waals surface area (Å²) in [4.78, 5) is 18.5. The molecule has 1 amide bonds. The number of carbonyl (C=O) groups excluding carboxylic acids is 1. The predicted octanol–water partition coefficient (Wildman–Crippen LogP) is 3.43. The van der Waals surface area contributed by atoms with Crippen molar-refractivity contribution in [1.82, 2.24) is 19.8 Å². The van der Waals surface area contributed by atoms with E-state index in [1.807, 2.05) is 17.7 Å². The van der Waals surface area contributed by atoms with Crippen LogP contribution in [0.3, 0.4) is 0 Å². The van der Waals surface area contributed by atoms with Gasteiger partial charge in [-0.25, -0.2) is 13.8 Å². The summed E-state index contributed by atoms with van der Waals surface area (Å²) in [7, 11) is 0. The number of hydrogen-bond donors (Lipinski definition) is 1. The predicted molar refractivity (Wildman–Crippen MR) is 107 cm³/mol. The van der Waals surface area contributed by atoms with Gasteiger partial charge in [-0.05, 0) is 43.9 Å². The van der Waals surface area contributed by atoms with Gasteiger partial charge in [-0.3, -0.25) is 14.3 Å². The van der Waals surface area contributed by atoms with Crippen LogP contribution in [-0.2, 0) is 4.79 Å². The third-order valence-corrected chi connectivity index (χ3v) is 5.88. The Morgan fingerprint density at radius 3 is 2.79 bits per heavy atom. The zero-order valence-corrected chi connectivity index (χ0v) is 17.0. The standard InChI is InChI=1S/C20H26F2N4OS/c1-14-3-4-15(2)17(11-14)26-10-7-23-20(26)28-13-19(27)24-16-5-8-25(9-6-16)12-18(21)22/h3-4,7,10-11,16,18H,5-6,8-9,12-13H2,1-2H3,(H,24,27). The summed E-state index contributed by atoms with van der Waals surface area (Å²) < 4.78 is 26.9. The number of nitrogens with zero attached hydrogens (tertiary/aromatic N) is 3. The number of benzene rings is 1. The molecule has 0 spiro atoms. The number of likely N-dealkylation sites (tertiary alicyclic amines) is 1. The van der Waals surface area contributed by atoms with E-state index in [9.17, 15) is 13.6 Å². The average molecular weight is 409 g/mol. The molecule has 0 bridgehead atoms. The summed E-state index contributed by atoms with van der Waals surface area (Å²) in [6.45, 7) is 5.11. The first-order valence-corrected chi connectivity index (χ1v) is 10.4. The van der Waals surface area contributed by atoms with Crippen molar-refractivity contribution in [3.8, 4) is 5.69 Å². The number of amides is 1. The number of thioether (sulfide) groups is 1. The number of halogens is 2. The van der Waals surface area contributed by atoms with Gasteiger partial charge in [0.2, 0.25) is 5.91 Å². The van der Waals surface area contributed by atoms with Gasteiger partial charge in [0.05, 0.1) is 18.0 Å². The molecule has 3 rings (SSSR count). The second-order valence-corrected chi connectivity index (χ2v) is 8.13. The molecule has 1 aliphatic heterocycles. The molecule has 8 heteroatoms. The van der Waals surface area contributed by atoms with Gasteiger partial charge in [0.1, 0.15) is 0 Å². The Bertz CT molecular complexity index is 803. The third-order valence-electron chi connectivity index (χ3n) is 4.91. The van der Waals surface area contributed by atoms with E-state index in [-0.39, 0.29) is 24.2 Å². The highest BCUT2D eigenvalue weighted by molar-refractivity contribution is 7.99. The summed E-state index contributed by atoms with van der Waals surface area (Å²) in [6, 6.07) is 6.31. The first kappa shape index (κ1) is 20.8. The van der Waals surface area contributed by atoms with Crippen molar-refractivity contribution in [2.45, 2.75) is 44.3 Å². The molecule has 1 aromatic carbocycles. The van der Waals surface area contributed by atoms with Gasteiger partial charge in [0.15, 0.2) is 5.16 Å². The van der Waals surface area contributed by atoms with E-state index < -0.39 is 6.43 Å². The number of hydrogen-bond acceptors (Lipinski definition) is 4. The fourth-order valence-corrected chi connectivity index (χ4v) is 4.19. The molecular weight excluding hydrogens is 382 g/mol. The number of imidazole rings is 1. The summed E-state index contributed by atoms with van der Waals surface area (Å²) in [5.41, 5.74) is 3.37. The summed E-state index contributed by atoms with van der Waals surface area (Å²) in [5, 5.41) is 3.80. The van der Waals surface area contributed by atoms with Crippen LogP contribution in [0.4, 0.5) is 8.78 Å². The Hall–Kier alpha value is -1.93. The van der Waals surface area contributed by atoms with Crippen LogP contribution in [0.5, 0.6) is 0 Å². The molecule has 1 saturated heterocycles. The lowest BCUT2D eigenvalue weighted by atomic mass is 10.1. The quantitative estimate of drug-likeness (QED) is 0.714. The summed E-state index contributed by atoms with van der Waals surface area (Å²) >= 11 is 1.40. The fraction of sp³-hybridized carbons (Fsp3) is 0.500. The van der Waals surface area contributed by atoms with Gasteiger partial charge in [-0.1, -0.05) is 23.9 Å². The van der Waals surface area contributed by atoms with Crippen LogP contribution in [0.1, 0.15) is 24.0 Å². The molecule has 0 saturated carbocycles. The number of aromatic nitrogens is 2. The van der Waals surface area contributed by atoms with Crippen molar-refractivity contribution in [3.63, 3.8) is 0 Å². The molecular formula is C20H26F2N4OS. The maximum absolute atomic E-state index is 12.4. The molecule has 0 unspecified atom stereocenters. The SMILES string of the molecule is Cc1ccc(C)c(-n2ccnc2SCC(=O)NC2CCN(CC(F)F)CC2)c1. The molecule has 152 valence electrons. The van der Waals surface area contributed by atoms with Crippen LogP contribution in [0.25, 0.3) is 5.69 Å². The zero-order valence-electron chi connectivity index (χ0n) is 16.2. The molecule has 0 atom stereocenters. The number of piperidine rings is 1. The van der Waals surface area contributed by atoms with E-state index in [2.05, 4.69) is 35.4 Å². The lowest BCUT2D eigenvalue weighted by molar-refractivity contribution is -0.119. The maximum Gasteiger partial charge on any atom is 0.251 e. The monoisotopic (exact) mass is 408 g/mol. The van der Waals surface area contributed by atoms with Crippen LogP contribution in [0.15, 0.2) is 35.7 Å². The highest BCUT2D eigenvalue weighted by Gasteiger charge is 2.22. The largest absolute Gasteiger partial charge is 0.353 e. The van der Waals surface area contributed by atoms with Crippen molar-refractivity contribution < 1.29 is 13.6 Å². The first-order chi connectivity index (χ1) is 13.4.